The second-order valence-electron chi connectivity index (χ2n) is 5.40. The van der Waals surface area contributed by atoms with Gasteiger partial charge in [0.15, 0.2) is 11.5 Å². The molecular weight excluding hydrogens is 254 g/mol. The largest absolute Gasteiger partial charge is 0.493 e. The summed E-state index contributed by atoms with van der Waals surface area (Å²) in [4.78, 5) is 0. The molecule has 1 fully saturated rings. The van der Waals surface area contributed by atoms with E-state index in [0.29, 0.717) is 6.04 Å². The maximum atomic E-state index is 5.36. The van der Waals surface area contributed by atoms with Crippen LogP contribution in [0.2, 0.25) is 0 Å². The molecule has 0 spiro atoms. The topological polar surface area (TPSA) is 39.7 Å². The zero-order valence-electron chi connectivity index (χ0n) is 12.8. The van der Waals surface area contributed by atoms with E-state index in [0.717, 1.165) is 24.0 Å². The van der Waals surface area contributed by atoms with E-state index >= 15 is 0 Å². The zero-order chi connectivity index (χ0) is 14.5. The molecule has 0 bridgehead atoms. The van der Waals surface area contributed by atoms with Gasteiger partial charge in [-0.05, 0) is 43.4 Å². The summed E-state index contributed by atoms with van der Waals surface area (Å²) < 4.78 is 16.0. The van der Waals surface area contributed by atoms with Gasteiger partial charge in [-0.15, -0.1) is 0 Å². The molecule has 2 atom stereocenters. The van der Waals surface area contributed by atoms with Crippen LogP contribution in [0.15, 0.2) is 18.2 Å². The van der Waals surface area contributed by atoms with Crippen LogP contribution < -0.4 is 14.8 Å². The number of methoxy groups -OCH3 is 3. The summed E-state index contributed by atoms with van der Waals surface area (Å²) in [5.74, 6) is 2.30. The zero-order valence-corrected chi connectivity index (χ0v) is 12.8. The molecule has 4 nitrogen and oxygen atoms in total. The van der Waals surface area contributed by atoms with E-state index in [1.165, 1.54) is 18.4 Å². The number of benzene rings is 1. The highest BCUT2D eigenvalue weighted by Crippen LogP contribution is 2.35. The van der Waals surface area contributed by atoms with Crippen molar-refractivity contribution in [3.8, 4) is 11.5 Å². The standard InChI is InChI=1S/C16H25NO3/c1-11(17-14(10-18-2)12-5-6-12)13-7-8-15(19-3)16(9-13)20-4/h7-9,11-12,14,17H,5-6,10H2,1-4H3. The van der Waals surface area contributed by atoms with Crippen LogP contribution in [0.5, 0.6) is 11.5 Å². The Hall–Kier alpha value is -1.26. The summed E-state index contributed by atoms with van der Waals surface area (Å²) in [6.45, 7) is 2.94. The third kappa shape index (κ3) is 3.64. The first-order chi connectivity index (χ1) is 9.69. The van der Waals surface area contributed by atoms with Gasteiger partial charge in [-0.25, -0.2) is 0 Å². The van der Waals surface area contributed by atoms with Gasteiger partial charge in [-0.3, -0.25) is 0 Å². The summed E-state index contributed by atoms with van der Waals surface area (Å²) in [6, 6.07) is 6.76. The fraction of sp³-hybridized carbons (Fsp3) is 0.625. The third-order valence-electron chi connectivity index (χ3n) is 3.91. The van der Waals surface area contributed by atoms with E-state index in [9.17, 15) is 0 Å². The van der Waals surface area contributed by atoms with Crippen molar-refractivity contribution in [3.05, 3.63) is 23.8 Å². The molecule has 4 heteroatoms. The molecule has 1 aromatic rings. The van der Waals surface area contributed by atoms with Gasteiger partial charge in [0.2, 0.25) is 0 Å². The SMILES string of the molecule is COCC(NC(C)c1ccc(OC)c(OC)c1)C1CC1. The van der Waals surface area contributed by atoms with Crippen molar-refractivity contribution < 1.29 is 14.2 Å². The van der Waals surface area contributed by atoms with Crippen LogP contribution in [0.1, 0.15) is 31.4 Å². The molecule has 1 saturated carbocycles. The van der Waals surface area contributed by atoms with Crippen molar-refractivity contribution >= 4 is 0 Å². The van der Waals surface area contributed by atoms with E-state index in [2.05, 4.69) is 18.3 Å². The Balaban J connectivity index is 2.05. The summed E-state index contributed by atoms with van der Waals surface area (Å²) >= 11 is 0. The van der Waals surface area contributed by atoms with Gasteiger partial charge in [0.05, 0.1) is 20.8 Å². The lowest BCUT2D eigenvalue weighted by Gasteiger charge is -2.23. The second kappa shape index (κ2) is 6.95. The van der Waals surface area contributed by atoms with Crippen molar-refractivity contribution in [2.45, 2.75) is 31.8 Å². The summed E-state index contributed by atoms with van der Waals surface area (Å²) in [5, 5.41) is 3.66. The van der Waals surface area contributed by atoms with E-state index in [-0.39, 0.29) is 6.04 Å². The average Bonchev–Trinajstić information content (AvgIpc) is 3.30. The molecule has 0 radical (unpaired) electrons. The van der Waals surface area contributed by atoms with Gasteiger partial charge in [0.25, 0.3) is 0 Å². The molecule has 0 aliphatic heterocycles. The predicted octanol–water partition coefficient (Wildman–Crippen LogP) is 2.78. The first kappa shape index (κ1) is 15.1. The van der Waals surface area contributed by atoms with Crippen LogP contribution in [-0.4, -0.2) is 34.0 Å². The molecule has 0 amide bonds. The van der Waals surface area contributed by atoms with Crippen LogP contribution in [0.25, 0.3) is 0 Å². The summed E-state index contributed by atoms with van der Waals surface area (Å²) in [7, 11) is 5.08. The maximum absolute atomic E-state index is 5.36. The Morgan fingerprint density at radius 1 is 1.15 bits per heavy atom. The first-order valence-corrected chi connectivity index (χ1v) is 7.16. The normalized spacial score (nSPS) is 17.6. The minimum Gasteiger partial charge on any atom is -0.493 e. The number of nitrogens with one attached hydrogen (secondary N) is 1. The van der Waals surface area contributed by atoms with Gasteiger partial charge in [-0.1, -0.05) is 6.07 Å². The van der Waals surface area contributed by atoms with Crippen molar-refractivity contribution in [2.24, 2.45) is 5.92 Å². The molecule has 1 aliphatic carbocycles. The molecule has 0 saturated heterocycles. The quantitative estimate of drug-likeness (QED) is 0.794. The Morgan fingerprint density at radius 2 is 1.85 bits per heavy atom. The van der Waals surface area contributed by atoms with Crippen molar-refractivity contribution in [2.75, 3.05) is 27.9 Å². The molecule has 0 aromatic heterocycles. The molecule has 0 heterocycles. The Kier molecular flexibility index (Phi) is 5.26. The molecule has 2 rings (SSSR count). The van der Waals surface area contributed by atoms with Gasteiger partial charge >= 0.3 is 0 Å². The van der Waals surface area contributed by atoms with Gasteiger partial charge in [0.1, 0.15) is 0 Å². The van der Waals surface area contributed by atoms with E-state index < -0.39 is 0 Å². The predicted molar refractivity (Wildman–Crippen MR) is 79.5 cm³/mol. The molecule has 1 aliphatic rings. The van der Waals surface area contributed by atoms with Crippen LogP contribution in [0.3, 0.4) is 0 Å². The lowest BCUT2D eigenvalue weighted by Crippen LogP contribution is -2.37. The average molecular weight is 279 g/mol. The number of ether oxygens (including phenoxy) is 3. The molecule has 112 valence electrons. The lowest BCUT2D eigenvalue weighted by atomic mass is 10.1. The molecule has 20 heavy (non-hydrogen) atoms. The van der Waals surface area contributed by atoms with Crippen LogP contribution in [0.4, 0.5) is 0 Å². The summed E-state index contributed by atoms with van der Waals surface area (Å²) in [5.41, 5.74) is 1.20. The first-order valence-electron chi connectivity index (χ1n) is 7.16. The van der Waals surface area contributed by atoms with Crippen molar-refractivity contribution in [1.82, 2.24) is 5.32 Å². The fourth-order valence-electron chi connectivity index (χ4n) is 2.54. The molecule has 2 unspecified atom stereocenters. The monoisotopic (exact) mass is 279 g/mol. The van der Waals surface area contributed by atoms with Crippen LogP contribution >= 0.6 is 0 Å². The van der Waals surface area contributed by atoms with Gasteiger partial charge in [-0.2, -0.15) is 0 Å². The molecular formula is C16H25NO3. The fourth-order valence-corrected chi connectivity index (χ4v) is 2.54. The minimum absolute atomic E-state index is 0.260. The summed E-state index contributed by atoms with van der Waals surface area (Å²) in [6.07, 6.45) is 2.61. The van der Waals surface area contributed by atoms with Gasteiger partial charge < -0.3 is 19.5 Å². The van der Waals surface area contributed by atoms with Crippen molar-refractivity contribution in [3.63, 3.8) is 0 Å². The van der Waals surface area contributed by atoms with Crippen molar-refractivity contribution in [1.29, 1.82) is 0 Å². The van der Waals surface area contributed by atoms with Crippen LogP contribution in [0, 0.1) is 5.92 Å². The Bertz CT molecular complexity index is 432. The minimum atomic E-state index is 0.260. The number of rotatable bonds is 8. The number of hydrogen-bond donors (Lipinski definition) is 1. The maximum Gasteiger partial charge on any atom is 0.161 e. The lowest BCUT2D eigenvalue weighted by molar-refractivity contribution is 0.152. The van der Waals surface area contributed by atoms with E-state index in [1.807, 2.05) is 12.1 Å². The van der Waals surface area contributed by atoms with E-state index in [4.69, 9.17) is 14.2 Å². The smallest absolute Gasteiger partial charge is 0.161 e. The Labute approximate surface area is 121 Å². The third-order valence-corrected chi connectivity index (χ3v) is 3.91. The van der Waals surface area contributed by atoms with E-state index in [1.54, 1.807) is 21.3 Å². The van der Waals surface area contributed by atoms with Gasteiger partial charge in [0, 0.05) is 19.2 Å². The Morgan fingerprint density at radius 3 is 2.40 bits per heavy atom. The van der Waals surface area contributed by atoms with Crippen LogP contribution in [-0.2, 0) is 4.74 Å². The highest BCUT2D eigenvalue weighted by Gasteiger charge is 2.32. The number of hydrogen-bond acceptors (Lipinski definition) is 4. The highest BCUT2D eigenvalue weighted by molar-refractivity contribution is 5.43. The highest BCUT2D eigenvalue weighted by atomic mass is 16.5. The molecule has 1 N–H and O–H groups in total. The molecule has 1 aromatic carbocycles. The second-order valence-corrected chi connectivity index (χ2v) is 5.40.